The number of halogens is 3. The van der Waals surface area contributed by atoms with E-state index in [9.17, 15) is 13.2 Å². The maximum absolute atomic E-state index is 12.3. The van der Waals surface area contributed by atoms with Crippen LogP contribution in [-0.4, -0.2) is 40.6 Å². The van der Waals surface area contributed by atoms with Gasteiger partial charge in [0.15, 0.2) is 0 Å². The molecule has 1 saturated heterocycles. The van der Waals surface area contributed by atoms with Gasteiger partial charge in [0.1, 0.15) is 5.69 Å². The van der Waals surface area contributed by atoms with Gasteiger partial charge in [-0.3, -0.25) is 4.68 Å². The minimum Gasteiger partial charge on any atom is -0.477 e. The van der Waals surface area contributed by atoms with Crippen molar-refractivity contribution in [2.24, 2.45) is 7.05 Å². The summed E-state index contributed by atoms with van der Waals surface area (Å²) in [6.45, 7) is 1.36. The minimum absolute atomic E-state index is 0.189. The average Bonchev–Trinajstić information content (AvgIpc) is 3.17. The van der Waals surface area contributed by atoms with E-state index in [0.29, 0.717) is 17.3 Å². The molecule has 0 spiro atoms. The lowest BCUT2D eigenvalue weighted by Gasteiger charge is -2.15. The fourth-order valence-electron chi connectivity index (χ4n) is 2.80. The molecule has 0 radical (unpaired) electrons. The molecule has 0 aromatic carbocycles. The molecule has 0 aliphatic carbocycles. The average molecular weight is 340 g/mol. The Morgan fingerprint density at radius 1 is 1.33 bits per heavy atom. The molecule has 1 aliphatic rings. The Morgan fingerprint density at radius 3 is 2.79 bits per heavy atom. The van der Waals surface area contributed by atoms with Crippen LogP contribution in [0.3, 0.4) is 0 Å². The first-order chi connectivity index (χ1) is 11.4. The van der Waals surface area contributed by atoms with Crippen LogP contribution in [0.5, 0.6) is 5.88 Å². The van der Waals surface area contributed by atoms with Gasteiger partial charge in [-0.25, -0.2) is 4.98 Å². The molecule has 5 nitrogen and oxygen atoms in total. The van der Waals surface area contributed by atoms with Crippen LogP contribution in [0.15, 0.2) is 24.4 Å². The maximum Gasteiger partial charge on any atom is 0.392 e. The number of ether oxygens (including phenoxy) is 1. The largest absolute Gasteiger partial charge is 0.477 e. The van der Waals surface area contributed by atoms with E-state index < -0.39 is 19.2 Å². The summed E-state index contributed by atoms with van der Waals surface area (Å²) in [7, 11) is 1.81. The number of aryl methyl sites for hydroxylation is 1. The summed E-state index contributed by atoms with van der Waals surface area (Å²) in [5.41, 5.74) is 2.41. The van der Waals surface area contributed by atoms with Crippen LogP contribution in [0.4, 0.5) is 13.2 Å². The Labute approximate surface area is 137 Å². The molecule has 1 N–H and O–H groups in total. The summed E-state index contributed by atoms with van der Waals surface area (Å²) in [4.78, 5) is 4.43. The van der Waals surface area contributed by atoms with E-state index in [-0.39, 0.29) is 5.88 Å². The Balaban J connectivity index is 1.85. The number of alkyl halides is 3. The highest BCUT2D eigenvalue weighted by molar-refractivity contribution is 5.60. The number of nitrogens with zero attached hydrogens (tertiary/aromatic N) is 3. The molecule has 1 unspecified atom stereocenters. The summed E-state index contributed by atoms with van der Waals surface area (Å²) in [5.74, 6) is 0.508. The molecule has 1 aliphatic heterocycles. The molecular weight excluding hydrogens is 321 g/mol. The first-order valence-corrected chi connectivity index (χ1v) is 7.83. The van der Waals surface area contributed by atoms with Crippen LogP contribution >= 0.6 is 0 Å². The highest BCUT2D eigenvalue weighted by Crippen LogP contribution is 2.32. The smallest absolute Gasteiger partial charge is 0.392 e. The Bertz CT molecular complexity index is 693. The van der Waals surface area contributed by atoms with Crippen molar-refractivity contribution in [1.82, 2.24) is 20.1 Å². The van der Waals surface area contributed by atoms with Crippen LogP contribution in [0.1, 0.15) is 24.3 Å². The number of pyridine rings is 1. The van der Waals surface area contributed by atoms with Crippen molar-refractivity contribution in [2.45, 2.75) is 24.9 Å². The van der Waals surface area contributed by atoms with Crippen LogP contribution in [0.2, 0.25) is 0 Å². The van der Waals surface area contributed by atoms with Gasteiger partial charge < -0.3 is 10.1 Å². The van der Waals surface area contributed by atoms with Gasteiger partial charge in [0.05, 0.1) is 18.7 Å². The molecule has 3 heterocycles. The SMILES string of the molecule is Cn1ccc(-c2nc(OCCC(F)(F)F)ccc2C2CCNC2)n1. The normalized spacial score (nSPS) is 18.1. The summed E-state index contributed by atoms with van der Waals surface area (Å²) in [5, 5.41) is 7.68. The first-order valence-electron chi connectivity index (χ1n) is 7.83. The zero-order valence-electron chi connectivity index (χ0n) is 13.3. The summed E-state index contributed by atoms with van der Waals surface area (Å²) in [6.07, 6.45) is -2.43. The standard InChI is InChI=1S/C16H19F3N4O/c1-23-8-5-13(22-23)15-12(11-4-7-20-10-11)2-3-14(21-15)24-9-6-16(17,18)19/h2-3,5,8,11,20H,4,6-7,9-10H2,1H3. The molecule has 1 fully saturated rings. The molecule has 3 rings (SSSR count). The van der Waals surface area contributed by atoms with Gasteiger partial charge in [0, 0.05) is 25.9 Å². The molecule has 0 amide bonds. The van der Waals surface area contributed by atoms with Crippen molar-refractivity contribution in [1.29, 1.82) is 0 Å². The van der Waals surface area contributed by atoms with E-state index in [1.54, 1.807) is 10.7 Å². The molecule has 130 valence electrons. The lowest BCUT2D eigenvalue weighted by Crippen LogP contribution is -2.14. The van der Waals surface area contributed by atoms with Gasteiger partial charge in [-0.2, -0.15) is 18.3 Å². The number of nitrogens with one attached hydrogen (secondary N) is 1. The Morgan fingerprint density at radius 2 is 2.17 bits per heavy atom. The van der Waals surface area contributed by atoms with Gasteiger partial charge in [0.25, 0.3) is 0 Å². The highest BCUT2D eigenvalue weighted by atomic mass is 19.4. The van der Waals surface area contributed by atoms with E-state index in [0.717, 1.165) is 25.1 Å². The minimum atomic E-state index is -4.24. The Hall–Kier alpha value is -2.09. The third-order valence-corrected chi connectivity index (χ3v) is 3.99. The topological polar surface area (TPSA) is 52.0 Å². The van der Waals surface area contributed by atoms with Crippen molar-refractivity contribution < 1.29 is 17.9 Å². The van der Waals surface area contributed by atoms with Crippen LogP contribution in [-0.2, 0) is 7.05 Å². The molecule has 1 atom stereocenters. The second-order valence-electron chi connectivity index (χ2n) is 5.87. The van der Waals surface area contributed by atoms with Crippen molar-refractivity contribution >= 4 is 0 Å². The van der Waals surface area contributed by atoms with Crippen LogP contribution in [0.25, 0.3) is 11.4 Å². The molecule has 2 aromatic heterocycles. The third-order valence-electron chi connectivity index (χ3n) is 3.99. The second-order valence-corrected chi connectivity index (χ2v) is 5.87. The first kappa shape index (κ1) is 16.8. The van der Waals surface area contributed by atoms with E-state index in [1.807, 2.05) is 25.4 Å². The zero-order chi connectivity index (χ0) is 17.2. The fourth-order valence-corrected chi connectivity index (χ4v) is 2.80. The quantitative estimate of drug-likeness (QED) is 0.909. The summed E-state index contributed by atoms with van der Waals surface area (Å²) in [6, 6.07) is 5.36. The lowest BCUT2D eigenvalue weighted by molar-refractivity contribution is -0.139. The molecule has 2 aromatic rings. The fraction of sp³-hybridized carbons (Fsp3) is 0.500. The highest BCUT2D eigenvalue weighted by Gasteiger charge is 2.27. The Kier molecular flexibility index (Phi) is 4.75. The maximum atomic E-state index is 12.3. The number of hydrogen-bond donors (Lipinski definition) is 1. The van der Waals surface area contributed by atoms with Crippen molar-refractivity contribution in [3.8, 4) is 17.3 Å². The van der Waals surface area contributed by atoms with E-state index in [1.165, 1.54) is 0 Å². The third kappa shape index (κ3) is 4.05. The number of rotatable bonds is 5. The summed E-state index contributed by atoms with van der Waals surface area (Å²) >= 11 is 0. The second kappa shape index (κ2) is 6.80. The molecule has 8 heteroatoms. The van der Waals surface area contributed by atoms with Gasteiger partial charge >= 0.3 is 6.18 Å². The lowest BCUT2D eigenvalue weighted by atomic mass is 9.95. The molecule has 0 saturated carbocycles. The van der Waals surface area contributed by atoms with E-state index in [4.69, 9.17) is 4.74 Å². The van der Waals surface area contributed by atoms with Gasteiger partial charge in [-0.05, 0) is 30.5 Å². The summed E-state index contributed by atoms with van der Waals surface area (Å²) < 4.78 is 43.6. The predicted molar refractivity (Wildman–Crippen MR) is 82.8 cm³/mol. The van der Waals surface area contributed by atoms with Crippen molar-refractivity contribution in [2.75, 3.05) is 19.7 Å². The molecular formula is C16H19F3N4O. The van der Waals surface area contributed by atoms with Crippen LogP contribution in [0, 0.1) is 0 Å². The van der Waals surface area contributed by atoms with Gasteiger partial charge in [0.2, 0.25) is 5.88 Å². The van der Waals surface area contributed by atoms with E-state index >= 15 is 0 Å². The van der Waals surface area contributed by atoms with Crippen molar-refractivity contribution in [3.05, 3.63) is 30.0 Å². The molecule has 0 bridgehead atoms. The number of aromatic nitrogens is 3. The van der Waals surface area contributed by atoms with Gasteiger partial charge in [-0.1, -0.05) is 6.07 Å². The predicted octanol–water partition coefficient (Wildman–Crippen LogP) is 2.89. The van der Waals surface area contributed by atoms with Crippen molar-refractivity contribution in [3.63, 3.8) is 0 Å². The monoisotopic (exact) mass is 340 g/mol. The molecule has 24 heavy (non-hydrogen) atoms. The zero-order valence-corrected chi connectivity index (χ0v) is 13.3. The number of hydrogen-bond acceptors (Lipinski definition) is 4. The van der Waals surface area contributed by atoms with Crippen LogP contribution < -0.4 is 10.1 Å². The van der Waals surface area contributed by atoms with E-state index in [2.05, 4.69) is 15.4 Å². The van der Waals surface area contributed by atoms with Gasteiger partial charge in [-0.15, -0.1) is 0 Å².